The minimum Gasteiger partial charge on any atom is -0.377 e. The van der Waals surface area contributed by atoms with Gasteiger partial charge in [-0.25, -0.2) is 0 Å². The van der Waals surface area contributed by atoms with E-state index in [1.165, 1.54) is 32.1 Å². The molecule has 1 aliphatic heterocycles. The van der Waals surface area contributed by atoms with E-state index in [0.29, 0.717) is 12.6 Å². The molecule has 1 heterocycles. The molecule has 0 radical (unpaired) electrons. The molecule has 0 aromatic heterocycles. The number of hydrogen-bond acceptors (Lipinski definition) is 4. The Balaban J connectivity index is 1.66. The molecule has 5 nitrogen and oxygen atoms in total. The largest absolute Gasteiger partial charge is 0.377 e. The molecule has 1 atom stereocenters. The first kappa shape index (κ1) is 16.7. The Kier molecular flexibility index (Phi) is 6.45. The molecule has 1 saturated heterocycles. The maximum Gasteiger partial charge on any atom is 0.234 e. The van der Waals surface area contributed by atoms with Crippen molar-refractivity contribution in [1.82, 2.24) is 15.5 Å². The number of carbonyl (C=O) groups excluding carboxylic acids is 1. The topological polar surface area (TPSA) is 53.6 Å². The predicted molar refractivity (Wildman–Crippen MR) is 84.4 cm³/mol. The van der Waals surface area contributed by atoms with Crippen LogP contribution < -0.4 is 10.6 Å². The number of carbonyl (C=O) groups is 1. The summed E-state index contributed by atoms with van der Waals surface area (Å²) in [5, 5.41) is 6.32. The number of nitrogens with one attached hydrogen (secondary N) is 2. The third-order valence-corrected chi connectivity index (χ3v) is 5.03. The fourth-order valence-electron chi connectivity index (χ4n) is 3.47. The zero-order valence-electron chi connectivity index (χ0n) is 13.6. The van der Waals surface area contributed by atoms with E-state index in [0.717, 1.165) is 32.5 Å². The number of amides is 1. The fourth-order valence-corrected chi connectivity index (χ4v) is 3.47. The molecule has 21 heavy (non-hydrogen) atoms. The summed E-state index contributed by atoms with van der Waals surface area (Å²) in [6.45, 7) is 2.81. The lowest BCUT2D eigenvalue weighted by Crippen LogP contribution is -2.54. The summed E-state index contributed by atoms with van der Waals surface area (Å²) >= 11 is 0. The van der Waals surface area contributed by atoms with E-state index >= 15 is 0 Å². The van der Waals surface area contributed by atoms with E-state index in [4.69, 9.17) is 4.74 Å². The monoisotopic (exact) mass is 297 g/mol. The lowest BCUT2D eigenvalue weighted by atomic mass is 9.80. The fraction of sp³-hybridized carbons (Fsp3) is 0.938. The van der Waals surface area contributed by atoms with Crippen molar-refractivity contribution in [2.45, 2.75) is 56.6 Å². The molecule has 0 spiro atoms. The van der Waals surface area contributed by atoms with Gasteiger partial charge in [0.05, 0.1) is 12.6 Å². The second kappa shape index (κ2) is 8.11. The zero-order valence-corrected chi connectivity index (χ0v) is 13.6. The van der Waals surface area contributed by atoms with Crippen molar-refractivity contribution in [3.63, 3.8) is 0 Å². The molecule has 2 rings (SSSR count). The normalized spacial score (nSPS) is 25.2. The molecular weight excluding hydrogens is 266 g/mol. The average Bonchev–Trinajstić information content (AvgIpc) is 2.99. The molecule has 2 aliphatic rings. The van der Waals surface area contributed by atoms with Crippen LogP contribution in [0.5, 0.6) is 0 Å². The quantitative estimate of drug-likeness (QED) is 0.740. The molecular formula is C16H31N3O2. The van der Waals surface area contributed by atoms with E-state index in [2.05, 4.69) is 29.6 Å². The number of ether oxygens (including phenoxy) is 1. The van der Waals surface area contributed by atoms with Gasteiger partial charge >= 0.3 is 0 Å². The van der Waals surface area contributed by atoms with Crippen LogP contribution in [-0.2, 0) is 9.53 Å². The van der Waals surface area contributed by atoms with E-state index in [9.17, 15) is 4.79 Å². The van der Waals surface area contributed by atoms with Gasteiger partial charge in [-0.05, 0) is 39.8 Å². The summed E-state index contributed by atoms with van der Waals surface area (Å²) in [6, 6.07) is 0. The van der Waals surface area contributed by atoms with Crippen molar-refractivity contribution in [2.75, 3.05) is 40.3 Å². The minimum absolute atomic E-state index is 0.0970. The highest BCUT2D eigenvalue weighted by atomic mass is 16.5. The summed E-state index contributed by atoms with van der Waals surface area (Å²) in [5.74, 6) is 0.0970. The van der Waals surface area contributed by atoms with E-state index in [-0.39, 0.29) is 11.4 Å². The second-order valence-electron chi connectivity index (χ2n) is 6.72. The maximum atomic E-state index is 12.0. The molecule has 1 unspecified atom stereocenters. The highest BCUT2D eigenvalue weighted by Crippen LogP contribution is 2.31. The summed E-state index contributed by atoms with van der Waals surface area (Å²) in [7, 11) is 4.26. The van der Waals surface area contributed by atoms with E-state index in [1.54, 1.807) is 0 Å². The highest BCUT2D eigenvalue weighted by molar-refractivity contribution is 5.78. The molecule has 0 aromatic carbocycles. The molecule has 1 amide bonds. The molecule has 0 aromatic rings. The summed E-state index contributed by atoms with van der Waals surface area (Å²) in [4.78, 5) is 14.3. The van der Waals surface area contributed by atoms with Gasteiger partial charge < -0.3 is 20.3 Å². The second-order valence-corrected chi connectivity index (χ2v) is 6.72. The first-order chi connectivity index (χ1) is 10.1. The average molecular weight is 297 g/mol. The predicted octanol–water partition coefficient (Wildman–Crippen LogP) is 1.14. The van der Waals surface area contributed by atoms with E-state index in [1.807, 2.05) is 0 Å². The third-order valence-electron chi connectivity index (χ3n) is 5.03. The van der Waals surface area contributed by atoms with Crippen LogP contribution >= 0.6 is 0 Å². The van der Waals surface area contributed by atoms with Crippen molar-refractivity contribution < 1.29 is 9.53 Å². The Bertz CT molecular complexity index is 321. The van der Waals surface area contributed by atoms with Crippen molar-refractivity contribution >= 4 is 5.91 Å². The standard InChI is InChI=1S/C16H31N3O2/c1-19(2)16(8-4-3-5-9-16)13-18-15(20)12-17-11-14-7-6-10-21-14/h14,17H,3-13H2,1-2H3,(H,18,20). The SMILES string of the molecule is CN(C)C1(CNC(=O)CNCC2CCCO2)CCCCC1. The van der Waals surface area contributed by atoms with Gasteiger partial charge in [-0.15, -0.1) is 0 Å². The van der Waals surface area contributed by atoms with Crippen LogP contribution in [0.1, 0.15) is 44.9 Å². The van der Waals surface area contributed by atoms with Gasteiger partial charge in [0.1, 0.15) is 0 Å². The number of likely N-dealkylation sites (N-methyl/N-ethyl adjacent to an activating group) is 1. The molecule has 2 N–H and O–H groups in total. The van der Waals surface area contributed by atoms with Crippen molar-refractivity contribution in [1.29, 1.82) is 0 Å². The van der Waals surface area contributed by atoms with Crippen molar-refractivity contribution in [3.8, 4) is 0 Å². The van der Waals surface area contributed by atoms with Gasteiger partial charge in [-0.3, -0.25) is 4.79 Å². The van der Waals surface area contributed by atoms with Crippen LogP contribution in [0, 0.1) is 0 Å². The Morgan fingerprint density at radius 3 is 2.62 bits per heavy atom. The Morgan fingerprint density at radius 2 is 2.00 bits per heavy atom. The van der Waals surface area contributed by atoms with Gasteiger partial charge in [0.2, 0.25) is 5.91 Å². The molecule has 1 saturated carbocycles. The van der Waals surface area contributed by atoms with Crippen molar-refractivity contribution in [3.05, 3.63) is 0 Å². The van der Waals surface area contributed by atoms with Crippen LogP contribution in [0.15, 0.2) is 0 Å². The van der Waals surface area contributed by atoms with Gasteiger partial charge in [-0.1, -0.05) is 19.3 Å². The first-order valence-corrected chi connectivity index (χ1v) is 8.39. The smallest absolute Gasteiger partial charge is 0.234 e. The number of hydrogen-bond donors (Lipinski definition) is 2. The summed E-state index contributed by atoms with van der Waals surface area (Å²) in [5.41, 5.74) is 0.155. The minimum atomic E-state index is 0.0970. The zero-order chi connectivity index (χ0) is 15.1. The Labute approximate surface area is 128 Å². The van der Waals surface area contributed by atoms with Crippen LogP contribution in [0.2, 0.25) is 0 Å². The molecule has 122 valence electrons. The summed E-state index contributed by atoms with van der Waals surface area (Å²) < 4.78 is 5.54. The maximum absolute atomic E-state index is 12.0. The van der Waals surface area contributed by atoms with Crippen LogP contribution in [0.3, 0.4) is 0 Å². The number of nitrogens with zero attached hydrogens (tertiary/aromatic N) is 1. The number of rotatable bonds is 7. The van der Waals surface area contributed by atoms with Gasteiger partial charge in [0, 0.05) is 25.2 Å². The van der Waals surface area contributed by atoms with Crippen LogP contribution in [0.4, 0.5) is 0 Å². The lowest BCUT2D eigenvalue weighted by Gasteiger charge is -2.43. The molecule has 5 heteroatoms. The highest BCUT2D eigenvalue weighted by Gasteiger charge is 2.34. The molecule has 2 fully saturated rings. The van der Waals surface area contributed by atoms with Crippen LogP contribution in [-0.4, -0.2) is 62.8 Å². The lowest BCUT2D eigenvalue weighted by molar-refractivity contribution is -0.121. The Morgan fingerprint density at radius 1 is 1.24 bits per heavy atom. The van der Waals surface area contributed by atoms with Gasteiger partial charge in [0.15, 0.2) is 0 Å². The van der Waals surface area contributed by atoms with Gasteiger partial charge in [0.25, 0.3) is 0 Å². The molecule has 0 bridgehead atoms. The first-order valence-electron chi connectivity index (χ1n) is 8.39. The third kappa shape index (κ3) is 4.94. The van der Waals surface area contributed by atoms with Gasteiger partial charge in [-0.2, -0.15) is 0 Å². The molecule has 1 aliphatic carbocycles. The summed E-state index contributed by atoms with van der Waals surface area (Å²) in [6.07, 6.45) is 8.78. The van der Waals surface area contributed by atoms with E-state index < -0.39 is 0 Å². The Hall–Kier alpha value is -0.650. The van der Waals surface area contributed by atoms with Crippen molar-refractivity contribution in [2.24, 2.45) is 0 Å². The van der Waals surface area contributed by atoms with Crippen LogP contribution in [0.25, 0.3) is 0 Å².